The van der Waals surface area contributed by atoms with Crippen LogP contribution in [0.15, 0.2) is 18.3 Å². The standard InChI is InChI=1S/C14H14Cl2N4S/c1-3-11-8(6-19(2)18-11)7-20-13-5-10(16)9(15)4-12(13)17-14(20)21/h4-6H,3,7H2,1-2H3,(H,17,21). The molecule has 110 valence electrons. The zero-order valence-corrected chi connectivity index (χ0v) is 14.0. The highest BCUT2D eigenvalue weighted by molar-refractivity contribution is 7.71. The molecule has 0 aliphatic heterocycles. The number of aromatic nitrogens is 4. The molecule has 0 saturated carbocycles. The predicted octanol–water partition coefficient (Wildman–Crippen LogP) is 4.35. The second kappa shape index (κ2) is 5.48. The van der Waals surface area contributed by atoms with Gasteiger partial charge in [-0.3, -0.25) is 4.68 Å². The fourth-order valence-corrected chi connectivity index (χ4v) is 3.09. The second-order valence-corrected chi connectivity index (χ2v) is 6.13. The Balaban J connectivity index is 2.14. The number of aromatic amines is 1. The van der Waals surface area contributed by atoms with Crippen molar-refractivity contribution in [2.45, 2.75) is 19.9 Å². The number of hydrogen-bond donors (Lipinski definition) is 1. The number of nitrogens with zero attached hydrogens (tertiary/aromatic N) is 3. The molecule has 0 fully saturated rings. The summed E-state index contributed by atoms with van der Waals surface area (Å²) in [4.78, 5) is 3.17. The first-order valence-electron chi connectivity index (χ1n) is 6.58. The number of H-pyrrole nitrogens is 1. The molecule has 4 nitrogen and oxygen atoms in total. The number of rotatable bonds is 3. The van der Waals surface area contributed by atoms with Crippen molar-refractivity contribution in [3.05, 3.63) is 44.4 Å². The first-order chi connectivity index (χ1) is 9.99. The smallest absolute Gasteiger partial charge is 0.178 e. The average molecular weight is 341 g/mol. The number of imidazole rings is 1. The Morgan fingerprint density at radius 2 is 2.00 bits per heavy atom. The summed E-state index contributed by atoms with van der Waals surface area (Å²) < 4.78 is 4.49. The van der Waals surface area contributed by atoms with Crippen LogP contribution in [0.5, 0.6) is 0 Å². The Morgan fingerprint density at radius 1 is 1.29 bits per heavy atom. The van der Waals surface area contributed by atoms with Gasteiger partial charge >= 0.3 is 0 Å². The topological polar surface area (TPSA) is 38.5 Å². The zero-order valence-electron chi connectivity index (χ0n) is 11.7. The number of hydrogen-bond acceptors (Lipinski definition) is 2. The summed E-state index contributed by atoms with van der Waals surface area (Å²) in [5, 5.41) is 5.50. The highest BCUT2D eigenvalue weighted by Gasteiger charge is 2.12. The van der Waals surface area contributed by atoms with Crippen LogP contribution in [0.2, 0.25) is 10.0 Å². The lowest BCUT2D eigenvalue weighted by atomic mass is 10.2. The van der Waals surface area contributed by atoms with Crippen molar-refractivity contribution in [2.75, 3.05) is 0 Å². The third-order valence-corrected chi connectivity index (χ3v) is 4.52. The molecule has 0 radical (unpaired) electrons. The summed E-state index contributed by atoms with van der Waals surface area (Å²) in [5.74, 6) is 0. The molecular formula is C14H14Cl2N4S. The molecule has 0 atom stereocenters. The summed E-state index contributed by atoms with van der Waals surface area (Å²) in [6.45, 7) is 2.75. The molecule has 0 amide bonds. The minimum atomic E-state index is 0.517. The molecule has 3 rings (SSSR count). The molecule has 1 aromatic carbocycles. The molecule has 1 N–H and O–H groups in total. The lowest BCUT2D eigenvalue weighted by Crippen LogP contribution is -2.01. The van der Waals surface area contributed by atoms with Crippen molar-refractivity contribution < 1.29 is 0 Å². The summed E-state index contributed by atoms with van der Waals surface area (Å²) in [6.07, 6.45) is 2.91. The molecular weight excluding hydrogens is 327 g/mol. The predicted molar refractivity (Wildman–Crippen MR) is 88.8 cm³/mol. The largest absolute Gasteiger partial charge is 0.331 e. The van der Waals surface area contributed by atoms with E-state index in [0.29, 0.717) is 21.4 Å². The van der Waals surface area contributed by atoms with E-state index in [1.54, 1.807) is 6.07 Å². The zero-order chi connectivity index (χ0) is 15.1. The van der Waals surface area contributed by atoms with Crippen molar-refractivity contribution in [1.29, 1.82) is 0 Å². The second-order valence-electron chi connectivity index (χ2n) is 4.93. The van der Waals surface area contributed by atoms with Crippen LogP contribution in [0.1, 0.15) is 18.2 Å². The summed E-state index contributed by atoms with van der Waals surface area (Å²) in [7, 11) is 1.92. The number of benzene rings is 1. The van der Waals surface area contributed by atoms with E-state index in [4.69, 9.17) is 35.4 Å². The van der Waals surface area contributed by atoms with E-state index in [9.17, 15) is 0 Å². The Hall–Kier alpha value is -1.30. The SMILES string of the molecule is CCc1nn(C)cc1Cn1c(=S)[nH]c2cc(Cl)c(Cl)cc21. The first-order valence-corrected chi connectivity index (χ1v) is 7.75. The van der Waals surface area contributed by atoms with Crippen molar-refractivity contribution in [2.24, 2.45) is 7.05 Å². The third kappa shape index (κ3) is 2.61. The molecule has 0 unspecified atom stereocenters. The van der Waals surface area contributed by atoms with Crippen molar-refractivity contribution in [3.63, 3.8) is 0 Å². The molecule has 2 heterocycles. The Labute approximate surface area is 137 Å². The molecule has 2 aromatic heterocycles. The lowest BCUT2D eigenvalue weighted by Gasteiger charge is -2.05. The van der Waals surface area contributed by atoms with Gasteiger partial charge in [0, 0.05) is 18.8 Å². The van der Waals surface area contributed by atoms with Gasteiger partial charge in [0.25, 0.3) is 0 Å². The Morgan fingerprint density at radius 3 is 2.71 bits per heavy atom. The third-order valence-electron chi connectivity index (χ3n) is 3.47. The van der Waals surface area contributed by atoms with Crippen LogP contribution in [0.3, 0.4) is 0 Å². The maximum atomic E-state index is 6.12. The fourth-order valence-electron chi connectivity index (χ4n) is 2.49. The van der Waals surface area contributed by atoms with E-state index < -0.39 is 0 Å². The van der Waals surface area contributed by atoms with Gasteiger partial charge in [0.2, 0.25) is 0 Å². The normalized spacial score (nSPS) is 11.4. The Kier molecular flexibility index (Phi) is 3.82. The van der Waals surface area contributed by atoms with E-state index in [0.717, 1.165) is 28.7 Å². The number of aryl methyl sites for hydroxylation is 2. The fraction of sp³-hybridized carbons (Fsp3) is 0.286. The highest BCUT2D eigenvalue weighted by Crippen LogP contribution is 2.28. The maximum Gasteiger partial charge on any atom is 0.178 e. The van der Waals surface area contributed by atoms with Crippen LogP contribution in [0.25, 0.3) is 11.0 Å². The summed E-state index contributed by atoms with van der Waals surface area (Å²) >= 11 is 17.6. The van der Waals surface area contributed by atoms with Gasteiger partial charge in [-0.05, 0) is 30.8 Å². The van der Waals surface area contributed by atoms with Gasteiger partial charge in [-0.15, -0.1) is 0 Å². The molecule has 3 aromatic rings. The van der Waals surface area contributed by atoms with Gasteiger partial charge in [-0.2, -0.15) is 5.10 Å². The van der Waals surface area contributed by atoms with Gasteiger partial charge in [0.1, 0.15) is 0 Å². The minimum absolute atomic E-state index is 0.517. The van der Waals surface area contributed by atoms with Gasteiger partial charge in [0.05, 0.1) is 33.3 Å². The van der Waals surface area contributed by atoms with Gasteiger partial charge in [-0.1, -0.05) is 30.1 Å². The summed E-state index contributed by atoms with van der Waals surface area (Å²) in [6, 6.07) is 3.64. The molecule has 0 aliphatic carbocycles. The first kappa shape index (κ1) is 14.6. The van der Waals surface area contributed by atoms with Gasteiger partial charge < -0.3 is 9.55 Å². The van der Waals surface area contributed by atoms with Gasteiger partial charge in [0.15, 0.2) is 4.77 Å². The van der Waals surface area contributed by atoms with Crippen molar-refractivity contribution in [1.82, 2.24) is 19.3 Å². The number of fused-ring (bicyclic) bond motifs is 1. The van der Waals surface area contributed by atoms with Crippen LogP contribution in [-0.2, 0) is 20.0 Å². The van der Waals surface area contributed by atoms with Crippen LogP contribution in [0, 0.1) is 4.77 Å². The van der Waals surface area contributed by atoms with E-state index in [1.807, 2.05) is 28.6 Å². The molecule has 0 spiro atoms. The lowest BCUT2D eigenvalue weighted by molar-refractivity contribution is 0.746. The molecule has 0 saturated heterocycles. The van der Waals surface area contributed by atoms with E-state index in [2.05, 4.69) is 17.0 Å². The van der Waals surface area contributed by atoms with Crippen LogP contribution >= 0.6 is 35.4 Å². The van der Waals surface area contributed by atoms with E-state index >= 15 is 0 Å². The van der Waals surface area contributed by atoms with E-state index in [-0.39, 0.29) is 0 Å². The molecule has 7 heteroatoms. The minimum Gasteiger partial charge on any atom is -0.331 e. The van der Waals surface area contributed by atoms with Crippen molar-refractivity contribution >= 4 is 46.5 Å². The van der Waals surface area contributed by atoms with Crippen LogP contribution in [0.4, 0.5) is 0 Å². The van der Waals surface area contributed by atoms with Crippen LogP contribution < -0.4 is 0 Å². The highest BCUT2D eigenvalue weighted by atomic mass is 35.5. The summed E-state index contributed by atoms with van der Waals surface area (Å²) in [5.41, 5.74) is 4.06. The Bertz CT molecular complexity index is 875. The number of halogens is 2. The van der Waals surface area contributed by atoms with E-state index in [1.165, 1.54) is 0 Å². The van der Waals surface area contributed by atoms with Gasteiger partial charge in [-0.25, -0.2) is 0 Å². The molecule has 0 bridgehead atoms. The molecule has 21 heavy (non-hydrogen) atoms. The van der Waals surface area contributed by atoms with Crippen LogP contribution in [-0.4, -0.2) is 19.3 Å². The number of nitrogens with one attached hydrogen (secondary N) is 1. The quantitative estimate of drug-likeness (QED) is 0.720. The maximum absolute atomic E-state index is 6.12. The monoisotopic (exact) mass is 340 g/mol. The molecule has 0 aliphatic rings. The van der Waals surface area contributed by atoms with Crippen molar-refractivity contribution in [3.8, 4) is 0 Å². The average Bonchev–Trinajstić information content (AvgIpc) is 2.93.